The minimum atomic E-state index is -0.929. The fourth-order valence-electron chi connectivity index (χ4n) is 9.70. The second-order valence-corrected chi connectivity index (χ2v) is 20.4. The lowest BCUT2D eigenvalue weighted by atomic mass is 9.97. The molecule has 4 heterocycles. The van der Waals surface area contributed by atoms with E-state index in [4.69, 9.17) is 33.0 Å². The molecule has 1 N–H and O–H groups in total. The van der Waals surface area contributed by atoms with Crippen molar-refractivity contribution in [2.24, 2.45) is 5.92 Å². The Morgan fingerprint density at radius 3 is 2.34 bits per heavy atom. The summed E-state index contributed by atoms with van der Waals surface area (Å²) in [5, 5.41) is 11.2. The van der Waals surface area contributed by atoms with Crippen molar-refractivity contribution in [2.75, 3.05) is 42.8 Å². The van der Waals surface area contributed by atoms with E-state index in [9.17, 15) is 24.3 Å². The van der Waals surface area contributed by atoms with Crippen molar-refractivity contribution in [3.05, 3.63) is 130 Å². The number of carbonyl (C=O) groups is 4. The van der Waals surface area contributed by atoms with E-state index in [0.717, 1.165) is 38.5 Å². The number of ketones is 1. The van der Waals surface area contributed by atoms with Gasteiger partial charge in [0.1, 0.15) is 23.1 Å². The van der Waals surface area contributed by atoms with Gasteiger partial charge >= 0.3 is 0 Å². The molecule has 3 atom stereocenters. The van der Waals surface area contributed by atoms with Gasteiger partial charge < -0.3 is 34.0 Å². The van der Waals surface area contributed by atoms with E-state index < -0.39 is 23.7 Å². The highest BCUT2D eigenvalue weighted by Gasteiger charge is 2.50. The number of likely N-dealkylation sites (tertiary alicyclic amines) is 1. The molecule has 0 aliphatic carbocycles. The maximum absolute atomic E-state index is 14.3. The first-order chi connectivity index (χ1) is 34.1. The summed E-state index contributed by atoms with van der Waals surface area (Å²) < 4.78 is 18.3. The number of β-amino-alcohol motifs (C(OH)–C–C–N with tert-alkyl or cyclic N) is 1. The number of rotatable bonds is 20. The Labute approximate surface area is 425 Å². The van der Waals surface area contributed by atoms with Crippen LogP contribution in [0.15, 0.2) is 90.4 Å². The number of nitrogens with zero attached hydrogens (tertiary/aromatic N) is 6. The van der Waals surface area contributed by atoms with E-state index >= 15 is 0 Å². The van der Waals surface area contributed by atoms with E-state index in [2.05, 4.69) is 9.83 Å². The predicted molar refractivity (Wildman–Crippen MR) is 278 cm³/mol. The summed E-state index contributed by atoms with van der Waals surface area (Å²) in [6, 6.07) is 24.6. The number of aliphatic hydroxyl groups excluding tert-OH is 1. The molecular weight excluding hydrogens is 937 g/mol. The number of hydrogen-bond donors (Lipinski definition) is 1. The number of anilines is 2. The zero-order valence-corrected chi connectivity index (χ0v) is 42.7. The van der Waals surface area contributed by atoms with Gasteiger partial charge in [0.2, 0.25) is 5.91 Å². The Balaban J connectivity index is 0.812. The van der Waals surface area contributed by atoms with Crippen LogP contribution in [-0.4, -0.2) is 105 Å². The van der Waals surface area contributed by atoms with Gasteiger partial charge in [0, 0.05) is 68.9 Å². The summed E-state index contributed by atoms with van der Waals surface area (Å²) in [5.74, 6) is 0.322. The van der Waals surface area contributed by atoms with Gasteiger partial charge in [-0.15, -0.1) is 11.3 Å². The third-order valence-corrected chi connectivity index (χ3v) is 14.8. The highest BCUT2D eigenvalue weighted by Crippen LogP contribution is 2.39. The van der Waals surface area contributed by atoms with Gasteiger partial charge in [-0.1, -0.05) is 50.2 Å². The number of ether oxygens (including phenoxy) is 3. The number of thiocarbonyl (C=S) groups is 1. The van der Waals surface area contributed by atoms with Crippen LogP contribution in [-0.2, 0) is 32.1 Å². The summed E-state index contributed by atoms with van der Waals surface area (Å²) in [7, 11) is 0. The van der Waals surface area contributed by atoms with Crippen molar-refractivity contribution in [2.45, 2.75) is 104 Å². The molecule has 71 heavy (non-hydrogen) atoms. The van der Waals surface area contributed by atoms with Crippen LogP contribution in [0.1, 0.15) is 86.1 Å². The number of aliphatic hydroxyl groups is 1. The van der Waals surface area contributed by atoms with Crippen LogP contribution >= 0.6 is 23.6 Å². The minimum absolute atomic E-state index is 0.0376. The average molecular weight is 997 g/mol. The van der Waals surface area contributed by atoms with Crippen molar-refractivity contribution in [3.63, 3.8) is 0 Å². The molecule has 2 fully saturated rings. The Morgan fingerprint density at radius 1 is 0.944 bits per heavy atom. The molecule has 2 saturated heterocycles. The topological polar surface area (TPSA) is 146 Å². The average Bonchev–Trinajstić information content (AvgIpc) is 4.10. The van der Waals surface area contributed by atoms with E-state index in [1.165, 1.54) is 9.80 Å². The first-order valence-electron chi connectivity index (χ1n) is 24.1. The number of Topliss-reactive ketones (excluding diaryl/α,β-unsaturated/α-hetero) is 1. The molecule has 8 rings (SSSR count). The SMILES string of the molecule is [C-]#[N+]c1ccc(N2C(=O)C(C)(C)N(c3ccc(OCCCOCCCOc4cc(-c5scnc5C)ccc4CCC(=O)[C@@H]4C[C@@H](O)CN4C(=O)[C@H](C(C)C)N4Cc5ccccc5C4=O)cc3)C2=S)cc1C. The van der Waals surface area contributed by atoms with Crippen molar-refractivity contribution in [1.29, 1.82) is 0 Å². The molecule has 0 radical (unpaired) electrons. The lowest BCUT2D eigenvalue weighted by Crippen LogP contribution is -2.54. The maximum atomic E-state index is 14.3. The second-order valence-electron chi connectivity index (χ2n) is 19.1. The fraction of sp³-hybridized carbons (Fsp3) is 0.400. The van der Waals surface area contributed by atoms with Crippen LogP contribution < -0.4 is 19.3 Å². The molecule has 16 heteroatoms. The van der Waals surface area contributed by atoms with Crippen LogP contribution in [0.2, 0.25) is 0 Å². The number of fused-ring (bicyclic) bond motifs is 1. The van der Waals surface area contributed by atoms with Crippen LogP contribution in [0.5, 0.6) is 11.5 Å². The van der Waals surface area contributed by atoms with Crippen LogP contribution in [0.25, 0.3) is 15.3 Å². The molecule has 3 amide bonds. The molecule has 3 aliphatic heterocycles. The number of thiazole rings is 1. The van der Waals surface area contributed by atoms with E-state index in [-0.39, 0.29) is 48.8 Å². The zero-order valence-electron chi connectivity index (χ0n) is 41.1. The van der Waals surface area contributed by atoms with Gasteiger partial charge in [0.25, 0.3) is 11.8 Å². The van der Waals surface area contributed by atoms with Crippen LogP contribution in [0, 0.1) is 26.3 Å². The van der Waals surface area contributed by atoms with Crippen molar-refractivity contribution >= 4 is 69.2 Å². The normalized spacial score (nSPS) is 17.8. The zero-order chi connectivity index (χ0) is 50.6. The van der Waals surface area contributed by atoms with Gasteiger partial charge in [-0.2, -0.15) is 0 Å². The molecule has 14 nitrogen and oxygen atoms in total. The van der Waals surface area contributed by atoms with Gasteiger partial charge in [-0.3, -0.25) is 24.1 Å². The second kappa shape index (κ2) is 21.9. The summed E-state index contributed by atoms with van der Waals surface area (Å²) in [4.78, 5) is 70.9. The van der Waals surface area contributed by atoms with Gasteiger partial charge in [-0.05, 0) is 123 Å². The number of amides is 3. The standard InChI is InChI=1S/C55H60N6O8S2/c1-34(2)49(59-31-39-12-8-9-13-44(39)51(59)64)52(65)58-32-42(62)30-46(58)47(63)23-16-37-14-15-38(50-36(4)57-33-71-50)29-48(37)69-27-11-25-67-24-10-26-68-43-20-17-40(18-21-43)61-54(70)60(53(66)55(61,5)6)41-19-22-45(56-7)35(3)28-41/h8-9,12-15,17-22,28-29,33-34,42,46,49,62H,10-11,16,23-27,30-32H2,1-6H3/t42-,46+,49+/m1/s1. The van der Waals surface area contributed by atoms with Crippen LogP contribution in [0.4, 0.5) is 17.1 Å². The number of benzene rings is 4. The quantitative estimate of drug-likeness (QED) is 0.0452. The first-order valence-corrected chi connectivity index (χ1v) is 25.4. The van der Waals surface area contributed by atoms with Crippen LogP contribution in [0.3, 0.4) is 0 Å². The molecule has 0 bridgehead atoms. The van der Waals surface area contributed by atoms with E-state index in [1.807, 2.05) is 119 Å². The molecule has 1 aromatic heterocycles. The van der Waals surface area contributed by atoms with E-state index in [0.29, 0.717) is 85.8 Å². The smallest absolute Gasteiger partial charge is 0.259 e. The highest BCUT2D eigenvalue weighted by molar-refractivity contribution is 7.81. The lowest BCUT2D eigenvalue weighted by Gasteiger charge is -2.35. The summed E-state index contributed by atoms with van der Waals surface area (Å²) >= 11 is 7.39. The first kappa shape index (κ1) is 50.9. The number of aromatic nitrogens is 1. The number of carbonyl (C=O) groups excluding carboxylic acids is 4. The Hall–Kier alpha value is -6.51. The predicted octanol–water partition coefficient (Wildman–Crippen LogP) is 9.29. The van der Waals surface area contributed by atoms with Crippen molar-refractivity contribution in [1.82, 2.24) is 14.8 Å². The van der Waals surface area contributed by atoms with Crippen molar-refractivity contribution < 1.29 is 38.5 Å². The highest BCUT2D eigenvalue weighted by atomic mass is 32.1. The third-order valence-electron chi connectivity index (χ3n) is 13.4. The third kappa shape index (κ3) is 10.7. The lowest BCUT2D eigenvalue weighted by molar-refractivity contribution is -0.142. The molecule has 5 aromatic rings. The van der Waals surface area contributed by atoms with Crippen molar-refractivity contribution in [3.8, 4) is 21.9 Å². The molecule has 4 aromatic carbocycles. The molecule has 0 saturated carbocycles. The number of aryl methyl sites for hydroxylation is 3. The maximum Gasteiger partial charge on any atom is 0.259 e. The largest absolute Gasteiger partial charge is 0.494 e. The van der Waals surface area contributed by atoms with Gasteiger partial charge in [0.05, 0.1) is 48.0 Å². The summed E-state index contributed by atoms with van der Waals surface area (Å²) in [5.41, 5.74) is 7.78. The number of hydrogen-bond acceptors (Lipinski definition) is 11. The van der Waals surface area contributed by atoms with Gasteiger partial charge in [0.15, 0.2) is 16.6 Å². The molecule has 0 spiro atoms. The van der Waals surface area contributed by atoms with E-state index in [1.54, 1.807) is 34.4 Å². The molecule has 3 aliphatic rings. The molecule has 370 valence electrons. The molecular formula is C55H60N6O8S2. The summed E-state index contributed by atoms with van der Waals surface area (Å²) in [6.07, 6.45) is 1.11. The Bertz CT molecular complexity index is 2860. The Kier molecular flexibility index (Phi) is 15.7. The molecule has 0 unspecified atom stereocenters. The Morgan fingerprint density at radius 2 is 1.66 bits per heavy atom. The monoisotopic (exact) mass is 996 g/mol. The minimum Gasteiger partial charge on any atom is -0.494 e. The van der Waals surface area contributed by atoms with Gasteiger partial charge in [-0.25, -0.2) is 9.83 Å². The summed E-state index contributed by atoms with van der Waals surface area (Å²) in [6.45, 7) is 20.8. The fourth-order valence-corrected chi connectivity index (χ4v) is 11.0.